The summed E-state index contributed by atoms with van der Waals surface area (Å²) in [4.78, 5) is 14.6. The van der Waals surface area contributed by atoms with Crippen molar-refractivity contribution in [1.82, 2.24) is 10.6 Å². The topological polar surface area (TPSA) is 109 Å². The fourth-order valence-corrected chi connectivity index (χ4v) is 2.59. The number of aliphatic imine (C=N–C) groups is 1. The summed E-state index contributed by atoms with van der Waals surface area (Å²) in [5.74, 6) is 1.11. The van der Waals surface area contributed by atoms with Crippen molar-refractivity contribution in [1.29, 1.82) is 0 Å². The van der Waals surface area contributed by atoms with Crippen molar-refractivity contribution in [3.8, 4) is 5.75 Å². The van der Waals surface area contributed by atoms with Gasteiger partial charge in [-0.1, -0.05) is 30.3 Å². The first kappa shape index (κ1) is 22.2. The molecule has 2 rings (SSSR count). The third kappa shape index (κ3) is 8.61. The molecular formula is C21H28N4O4. The number of hydrogen-bond donors (Lipinski definition) is 3. The number of non-ortho nitro benzene ring substituents is 1. The molecule has 2 aromatic rings. The first-order valence-electron chi connectivity index (χ1n) is 9.70. The van der Waals surface area contributed by atoms with E-state index < -0.39 is 11.0 Å². The third-order valence-electron chi connectivity index (χ3n) is 4.07. The number of ether oxygens (including phenoxy) is 1. The highest BCUT2D eigenvalue weighted by Crippen LogP contribution is 2.17. The molecule has 1 unspecified atom stereocenters. The maximum atomic E-state index is 10.6. The van der Waals surface area contributed by atoms with Gasteiger partial charge in [0.2, 0.25) is 0 Å². The molecule has 0 saturated carbocycles. The summed E-state index contributed by atoms with van der Waals surface area (Å²) in [7, 11) is 0. The number of aliphatic hydroxyl groups is 1. The van der Waals surface area contributed by atoms with E-state index in [-0.39, 0.29) is 18.8 Å². The molecule has 0 fully saturated rings. The van der Waals surface area contributed by atoms with Crippen LogP contribution in [0.4, 0.5) is 5.69 Å². The second kappa shape index (κ2) is 12.4. The standard InChI is InChI=1S/C21H28N4O4/c1-2-22-21(23-14-6-9-17-7-4-3-5-8-17)24-15-19(26)16-29-20-12-10-18(11-13-20)25(27)28/h3-5,7-8,10-13,19,26H,2,6,9,14-16H2,1H3,(H2,22,23,24). The van der Waals surface area contributed by atoms with Crippen molar-refractivity contribution in [2.75, 3.05) is 26.2 Å². The van der Waals surface area contributed by atoms with Crippen molar-refractivity contribution < 1.29 is 14.8 Å². The second-order valence-electron chi connectivity index (χ2n) is 6.45. The Bertz CT molecular complexity index is 766. The lowest BCUT2D eigenvalue weighted by Crippen LogP contribution is -2.38. The van der Waals surface area contributed by atoms with Crippen LogP contribution in [0.15, 0.2) is 59.6 Å². The van der Waals surface area contributed by atoms with Crippen LogP contribution in [0, 0.1) is 10.1 Å². The number of nitrogens with one attached hydrogen (secondary N) is 2. The first-order chi connectivity index (χ1) is 14.1. The Hall–Kier alpha value is -3.13. The molecule has 0 spiro atoms. The number of benzene rings is 2. The fourth-order valence-electron chi connectivity index (χ4n) is 2.59. The molecule has 0 radical (unpaired) electrons. The Morgan fingerprint density at radius 1 is 1.17 bits per heavy atom. The maximum Gasteiger partial charge on any atom is 0.269 e. The van der Waals surface area contributed by atoms with E-state index in [0.29, 0.717) is 11.7 Å². The minimum Gasteiger partial charge on any atom is -0.491 e. The lowest BCUT2D eigenvalue weighted by molar-refractivity contribution is -0.384. The zero-order valence-electron chi connectivity index (χ0n) is 16.6. The molecular weight excluding hydrogens is 372 g/mol. The van der Waals surface area contributed by atoms with Gasteiger partial charge in [-0.25, -0.2) is 0 Å². The smallest absolute Gasteiger partial charge is 0.269 e. The predicted octanol–water partition coefficient (Wildman–Crippen LogP) is 2.52. The minimum absolute atomic E-state index is 0.00359. The quantitative estimate of drug-likeness (QED) is 0.176. The van der Waals surface area contributed by atoms with E-state index in [9.17, 15) is 15.2 Å². The lowest BCUT2D eigenvalue weighted by atomic mass is 10.1. The van der Waals surface area contributed by atoms with Crippen LogP contribution in [0.1, 0.15) is 18.9 Å². The van der Waals surface area contributed by atoms with Crippen LogP contribution in [0.5, 0.6) is 5.75 Å². The largest absolute Gasteiger partial charge is 0.491 e. The van der Waals surface area contributed by atoms with Crippen molar-refractivity contribution in [2.24, 2.45) is 4.99 Å². The van der Waals surface area contributed by atoms with Gasteiger partial charge in [0.1, 0.15) is 18.5 Å². The Balaban J connectivity index is 1.72. The highest BCUT2D eigenvalue weighted by atomic mass is 16.6. The van der Waals surface area contributed by atoms with Crippen LogP contribution in [-0.2, 0) is 6.42 Å². The van der Waals surface area contributed by atoms with E-state index in [2.05, 4.69) is 27.8 Å². The molecule has 0 bridgehead atoms. The number of aliphatic hydroxyl groups excluding tert-OH is 1. The van der Waals surface area contributed by atoms with Gasteiger partial charge in [-0.05, 0) is 37.5 Å². The van der Waals surface area contributed by atoms with E-state index in [1.807, 2.05) is 25.1 Å². The Labute approximate surface area is 170 Å². The number of rotatable bonds is 11. The fraction of sp³-hybridized carbons (Fsp3) is 0.381. The van der Waals surface area contributed by atoms with Gasteiger partial charge in [0.05, 0.1) is 11.5 Å². The van der Waals surface area contributed by atoms with E-state index >= 15 is 0 Å². The molecule has 156 valence electrons. The van der Waals surface area contributed by atoms with Gasteiger partial charge in [-0.2, -0.15) is 0 Å². The van der Waals surface area contributed by atoms with Crippen LogP contribution in [0.25, 0.3) is 0 Å². The van der Waals surface area contributed by atoms with E-state index in [1.165, 1.54) is 29.8 Å². The molecule has 0 heterocycles. The Kier molecular flexibility index (Phi) is 9.44. The number of nitro benzene ring substituents is 1. The highest BCUT2D eigenvalue weighted by molar-refractivity contribution is 5.79. The monoisotopic (exact) mass is 400 g/mol. The summed E-state index contributed by atoms with van der Waals surface area (Å²) in [5.41, 5.74) is 1.30. The SMILES string of the molecule is CCNC(=NCC(O)COc1ccc([N+](=O)[O-])cc1)NCCCc1ccccc1. The molecule has 8 heteroatoms. The van der Waals surface area contributed by atoms with E-state index in [0.717, 1.165) is 25.9 Å². The number of nitrogens with zero attached hydrogens (tertiary/aromatic N) is 2. The molecule has 0 aromatic heterocycles. The predicted molar refractivity (Wildman–Crippen MR) is 113 cm³/mol. The van der Waals surface area contributed by atoms with Crippen LogP contribution in [0.3, 0.4) is 0 Å². The molecule has 0 amide bonds. The molecule has 8 nitrogen and oxygen atoms in total. The van der Waals surface area contributed by atoms with Gasteiger partial charge in [-0.15, -0.1) is 0 Å². The number of nitro groups is 1. The van der Waals surface area contributed by atoms with Crippen molar-refractivity contribution in [3.05, 3.63) is 70.3 Å². The molecule has 0 aliphatic rings. The normalized spacial score (nSPS) is 12.3. The second-order valence-corrected chi connectivity index (χ2v) is 6.45. The van der Waals surface area contributed by atoms with Crippen molar-refractivity contribution >= 4 is 11.6 Å². The Morgan fingerprint density at radius 3 is 2.55 bits per heavy atom. The summed E-state index contributed by atoms with van der Waals surface area (Å²) in [6.07, 6.45) is 1.17. The van der Waals surface area contributed by atoms with Crippen molar-refractivity contribution in [2.45, 2.75) is 25.9 Å². The molecule has 2 aromatic carbocycles. The molecule has 3 N–H and O–H groups in total. The van der Waals surface area contributed by atoms with Crippen LogP contribution in [-0.4, -0.2) is 48.3 Å². The summed E-state index contributed by atoms with van der Waals surface area (Å²) >= 11 is 0. The summed E-state index contributed by atoms with van der Waals surface area (Å²) < 4.78 is 5.46. The highest BCUT2D eigenvalue weighted by Gasteiger charge is 2.08. The molecule has 0 aliphatic carbocycles. The number of hydrogen-bond acceptors (Lipinski definition) is 5. The average molecular weight is 400 g/mol. The molecule has 29 heavy (non-hydrogen) atoms. The number of guanidine groups is 1. The van der Waals surface area contributed by atoms with Gasteiger partial charge in [0, 0.05) is 25.2 Å². The van der Waals surface area contributed by atoms with E-state index in [4.69, 9.17) is 4.74 Å². The van der Waals surface area contributed by atoms with Gasteiger partial charge >= 0.3 is 0 Å². The number of aryl methyl sites for hydroxylation is 1. The zero-order chi connectivity index (χ0) is 20.9. The van der Waals surface area contributed by atoms with Crippen LogP contribution < -0.4 is 15.4 Å². The summed E-state index contributed by atoms with van der Waals surface area (Å²) in [5, 5.41) is 27.2. The maximum absolute atomic E-state index is 10.6. The summed E-state index contributed by atoms with van der Waals surface area (Å²) in [6, 6.07) is 16.0. The summed E-state index contributed by atoms with van der Waals surface area (Å²) in [6.45, 7) is 3.71. The lowest BCUT2D eigenvalue weighted by Gasteiger charge is -2.14. The van der Waals surface area contributed by atoms with E-state index in [1.54, 1.807) is 0 Å². The molecule has 0 saturated heterocycles. The average Bonchev–Trinajstić information content (AvgIpc) is 2.74. The van der Waals surface area contributed by atoms with Gasteiger partial charge < -0.3 is 20.5 Å². The van der Waals surface area contributed by atoms with Crippen LogP contribution in [0.2, 0.25) is 0 Å². The van der Waals surface area contributed by atoms with Crippen molar-refractivity contribution in [3.63, 3.8) is 0 Å². The first-order valence-corrected chi connectivity index (χ1v) is 9.70. The van der Waals surface area contributed by atoms with Gasteiger partial charge in [0.25, 0.3) is 5.69 Å². The molecule has 0 aliphatic heterocycles. The van der Waals surface area contributed by atoms with Gasteiger partial charge in [0.15, 0.2) is 5.96 Å². The minimum atomic E-state index is -0.787. The Morgan fingerprint density at radius 2 is 1.90 bits per heavy atom. The third-order valence-corrected chi connectivity index (χ3v) is 4.07. The zero-order valence-corrected chi connectivity index (χ0v) is 16.6. The molecule has 1 atom stereocenters. The van der Waals surface area contributed by atoms with Crippen LogP contribution >= 0.6 is 0 Å². The van der Waals surface area contributed by atoms with Gasteiger partial charge in [-0.3, -0.25) is 15.1 Å².